The number of hydrogen-bond donors (Lipinski definition) is 1. The summed E-state index contributed by atoms with van der Waals surface area (Å²) in [6.07, 6.45) is 7.25. The molecular weight excluding hydrogens is 232 g/mol. The molecule has 0 bridgehead atoms. The Morgan fingerprint density at radius 3 is 2.81 bits per heavy atom. The van der Waals surface area contributed by atoms with Crippen molar-refractivity contribution < 1.29 is 0 Å². The first-order valence-electron chi connectivity index (χ1n) is 6.35. The molecule has 0 nitrogen and oxygen atoms in total. The van der Waals surface area contributed by atoms with Gasteiger partial charge in [0.05, 0.1) is 0 Å². The van der Waals surface area contributed by atoms with Crippen LogP contribution in [0.1, 0.15) is 39.5 Å². The van der Waals surface area contributed by atoms with Crippen LogP contribution in [0.2, 0.25) is 0 Å². The average Bonchev–Trinajstić information content (AvgIpc) is 2.27. The van der Waals surface area contributed by atoms with Crippen LogP contribution in [0.15, 0.2) is 12.7 Å². The Morgan fingerprint density at radius 1 is 1.50 bits per heavy atom. The van der Waals surface area contributed by atoms with Crippen LogP contribution in [0.4, 0.5) is 0 Å². The van der Waals surface area contributed by atoms with Crippen LogP contribution in [0, 0.1) is 23.2 Å². The predicted octanol–water partition coefficient (Wildman–Crippen LogP) is 4.30. The maximum Gasteiger partial charge on any atom is 0.0396 e. The summed E-state index contributed by atoms with van der Waals surface area (Å²) in [4.78, 5) is 1.20. The third-order valence-electron chi connectivity index (χ3n) is 5.07. The topological polar surface area (TPSA) is 0 Å². The van der Waals surface area contributed by atoms with Gasteiger partial charge in [0.2, 0.25) is 0 Å². The van der Waals surface area contributed by atoms with E-state index in [1.165, 1.54) is 30.5 Å². The molecule has 2 saturated carbocycles. The number of fused-ring (bicyclic) bond motifs is 1. The van der Waals surface area contributed by atoms with Crippen LogP contribution in [0.3, 0.4) is 0 Å². The van der Waals surface area contributed by atoms with Gasteiger partial charge in [0.15, 0.2) is 0 Å². The molecule has 2 fully saturated rings. The molecule has 0 spiro atoms. The predicted molar refractivity (Wildman–Crippen MR) is 78.3 cm³/mol. The number of hydrogen-bond acceptors (Lipinski definition) is 2. The molecule has 2 aliphatic carbocycles. The normalized spacial score (nSPS) is 48.6. The minimum atomic E-state index is 0.260. The third-order valence-corrected chi connectivity index (χ3v) is 6.44. The van der Waals surface area contributed by atoms with Gasteiger partial charge >= 0.3 is 0 Å². The monoisotopic (exact) mass is 254 g/mol. The number of thiocarbonyl (C=S) groups is 1. The fraction of sp³-hybridized carbons (Fsp3) is 0.786. The molecule has 2 aliphatic rings. The average molecular weight is 254 g/mol. The Kier molecular flexibility index (Phi) is 3.52. The molecule has 90 valence electrons. The molecule has 5 unspecified atom stereocenters. The van der Waals surface area contributed by atoms with Crippen molar-refractivity contribution in [1.29, 1.82) is 0 Å². The van der Waals surface area contributed by atoms with Gasteiger partial charge < -0.3 is 0 Å². The van der Waals surface area contributed by atoms with Gasteiger partial charge in [-0.25, -0.2) is 0 Å². The van der Waals surface area contributed by atoms with Crippen LogP contribution >= 0.6 is 24.8 Å². The van der Waals surface area contributed by atoms with Crippen molar-refractivity contribution in [1.82, 2.24) is 0 Å². The van der Waals surface area contributed by atoms with E-state index in [9.17, 15) is 0 Å². The summed E-state index contributed by atoms with van der Waals surface area (Å²) in [6.45, 7) is 8.79. The van der Waals surface area contributed by atoms with E-state index in [2.05, 4.69) is 26.5 Å². The van der Waals surface area contributed by atoms with E-state index in [1.807, 2.05) is 0 Å². The van der Waals surface area contributed by atoms with Gasteiger partial charge in [-0.15, -0.1) is 6.58 Å². The lowest BCUT2D eigenvalue weighted by molar-refractivity contribution is 0.0566. The van der Waals surface area contributed by atoms with Crippen molar-refractivity contribution in [3.05, 3.63) is 12.7 Å². The second-order valence-corrected chi connectivity index (χ2v) is 6.87. The molecular formula is C14H22S2. The van der Waals surface area contributed by atoms with E-state index in [0.717, 1.165) is 5.92 Å². The lowest BCUT2D eigenvalue weighted by Crippen LogP contribution is -2.51. The second kappa shape index (κ2) is 4.45. The van der Waals surface area contributed by atoms with Crippen LogP contribution in [-0.4, -0.2) is 10.1 Å². The summed E-state index contributed by atoms with van der Waals surface area (Å²) in [5.74, 6) is 1.87. The molecule has 0 aromatic carbocycles. The standard InChI is InChI=1S/C14H22S2/c1-4-10-8-14(3)9(2)6-5-7-11(14)13(16)12(10)15/h4,9-12,15H,1,5-8H2,2-3H3. The lowest BCUT2D eigenvalue weighted by Gasteiger charge is -2.53. The van der Waals surface area contributed by atoms with Crippen molar-refractivity contribution in [2.75, 3.05) is 0 Å². The molecule has 0 saturated heterocycles. The minimum Gasteiger partial charge on any atom is -0.170 e. The smallest absolute Gasteiger partial charge is 0.0396 e. The minimum absolute atomic E-state index is 0.260. The number of thiol groups is 1. The Balaban J connectivity index is 2.32. The van der Waals surface area contributed by atoms with Gasteiger partial charge in [-0.2, -0.15) is 12.6 Å². The van der Waals surface area contributed by atoms with E-state index in [-0.39, 0.29) is 5.25 Å². The molecule has 2 heteroatoms. The number of allylic oxidation sites excluding steroid dienone is 1. The van der Waals surface area contributed by atoms with Crippen LogP contribution in [0.25, 0.3) is 0 Å². The van der Waals surface area contributed by atoms with Crippen molar-refractivity contribution in [2.24, 2.45) is 23.2 Å². The van der Waals surface area contributed by atoms with E-state index in [1.54, 1.807) is 0 Å². The highest BCUT2D eigenvalue weighted by Gasteiger charge is 2.50. The van der Waals surface area contributed by atoms with Gasteiger partial charge in [0.1, 0.15) is 0 Å². The maximum atomic E-state index is 5.67. The largest absolute Gasteiger partial charge is 0.170 e. The first-order valence-corrected chi connectivity index (χ1v) is 7.27. The molecule has 0 heterocycles. The molecule has 0 aromatic heterocycles. The highest BCUT2D eigenvalue weighted by molar-refractivity contribution is 7.86. The van der Waals surface area contributed by atoms with E-state index in [0.29, 0.717) is 17.3 Å². The summed E-state index contributed by atoms with van der Waals surface area (Å²) >= 11 is 10.4. The lowest BCUT2D eigenvalue weighted by atomic mass is 9.54. The summed E-state index contributed by atoms with van der Waals surface area (Å²) < 4.78 is 0. The van der Waals surface area contributed by atoms with E-state index in [4.69, 9.17) is 24.8 Å². The molecule has 0 N–H and O–H groups in total. The van der Waals surface area contributed by atoms with Gasteiger partial charge in [-0.3, -0.25) is 0 Å². The summed E-state index contributed by atoms with van der Waals surface area (Å²) in [5.41, 5.74) is 0.396. The Labute approximate surface area is 110 Å². The zero-order chi connectivity index (χ0) is 11.9. The third kappa shape index (κ3) is 1.78. The molecule has 0 aliphatic heterocycles. The number of rotatable bonds is 1. The fourth-order valence-electron chi connectivity index (χ4n) is 3.69. The Morgan fingerprint density at radius 2 is 2.19 bits per heavy atom. The zero-order valence-corrected chi connectivity index (χ0v) is 12.0. The van der Waals surface area contributed by atoms with Crippen molar-refractivity contribution in [3.8, 4) is 0 Å². The van der Waals surface area contributed by atoms with Gasteiger partial charge in [0, 0.05) is 10.1 Å². The maximum absolute atomic E-state index is 5.67. The van der Waals surface area contributed by atoms with Gasteiger partial charge in [0.25, 0.3) is 0 Å². The first kappa shape index (κ1) is 12.6. The highest BCUT2D eigenvalue weighted by atomic mass is 32.1. The SMILES string of the molecule is C=CC1CC2(C)C(C)CCCC2C(=S)C1S. The zero-order valence-electron chi connectivity index (χ0n) is 10.3. The van der Waals surface area contributed by atoms with Crippen LogP contribution in [0.5, 0.6) is 0 Å². The highest BCUT2D eigenvalue weighted by Crippen LogP contribution is 2.54. The molecule has 0 radical (unpaired) electrons. The summed E-state index contributed by atoms with van der Waals surface area (Å²) in [5, 5.41) is 0.260. The molecule has 16 heavy (non-hydrogen) atoms. The van der Waals surface area contributed by atoms with Crippen LogP contribution in [-0.2, 0) is 0 Å². The van der Waals surface area contributed by atoms with E-state index < -0.39 is 0 Å². The molecule has 0 amide bonds. The second-order valence-electron chi connectivity index (χ2n) is 5.84. The molecule has 5 atom stereocenters. The Hall–Kier alpha value is 0.180. The quantitative estimate of drug-likeness (QED) is 0.413. The molecule has 2 rings (SSSR count). The van der Waals surface area contributed by atoms with Gasteiger partial charge in [-0.05, 0) is 36.0 Å². The molecule has 0 aromatic rings. The van der Waals surface area contributed by atoms with E-state index >= 15 is 0 Å². The summed E-state index contributed by atoms with van der Waals surface area (Å²) in [7, 11) is 0. The fourth-order valence-corrected chi connectivity index (χ4v) is 4.66. The Bertz CT molecular complexity index is 310. The van der Waals surface area contributed by atoms with Crippen molar-refractivity contribution >= 4 is 29.7 Å². The van der Waals surface area contributed by atoms with Gasteiger partial charge in [-0.1, -0.05) is 45.0 Å². The first-order chi connectivity index (χ1) is 7.50. The van der Waals surface area contributed by atoms with Crippen molar-refractivity contribution in [3.63, 3.8) is 0 Å². The summed E-state index contributed by atoms with van der Waals surface area (Å²) in [6, 6.07) is 0. The van der Waals surface area contributed by atoms with Crippen molar-refractivity contribution in [2.45, 2.75) is 44.8 Å². The van der Waals surface area contributed by atoms with Crippen LogP contribution < -0.4 is 0 Å².